The van der Waals surface area contributed by atoms with Crippen molar-refractivity contribution in [3.63, 3.8) is 0 Å². The molecule has 2 rings (SSSR count). The third kappa shape index (κ3) is 1.99. The lowest BCUT2D eigenvalue weighted by Gasteiger charge is -2.34. The second-order valence-corrected chi connectivity index (χ2v) is 5.62. The first-order chi connectivity index (χ1) is 6.98. The maximum Gasteiger partial charge on any atom is 0.251 e. The van der Waals surface area contributed by atoms with Crippen molar-refractivity contribution in [2.24, 2.45) is 11.3 Å². The average Bonchev–Trinajstić information content (AvgIpc) is 2.16. The normalized spacial score (nSPS) is 21.1. The van der Waals surface area contributed by atoms with Crippen molar-refractivity contribution in [3.05, 3.63) is 33.7 Å². The van der Waals surface area contributed by atoms with E-state index in [2.05, 4.69) is 31.8 Å². The standard InChI is InChI=1S/C13H19NO/c1-13(2,3)10-5-4-9-6-7-14-12(15)11(9)8-10/h6-7,10H,4-5,8H2,1-3H3,(H,14,15). The van der Waals surface area contributed by atoms with Gasteiger partial charge in [0.1, 0.15) is 0 Å². The number of rotatable bonds is 0. The summed E-state index contributed by atoms with van der Waals surface area (Å²) in [4.78, 5) is 14.5. The van der Waals surface area contributed by atoms with Gasteiger partial charge in [0, 0.05) is 11.8 Å². The Bertz CT molecular complexity index is 411. The van der Waals surface area contributed by atoms with Gasteiger partial charge in [0.15, 0.2) is 0 Å². The molecule has 1 aliphatic carbocycles. The molecule has 0 fully saturated rings. The summed E-state index contributed by atoms with van der Waals surface area (Å²) in [7, 11) is 0. The molecule has 1 aromatic heterocycles. The minimum Gasteiger partial charge on any atom is -0.329 e. The monoisotopic (exact) mass is 205 g/mol. The van der Waals surface area contributed by atoms with Crippen LogP contribution in [-0.2, 0) is 12.8 Å². The molecule has 0 radical (unpaired) electrons. The van der Waals surface area contributed by atoms with E-state index >= 15 is 0 Å². The third-order valence-corrected chi connectivity index (χ3v) is 3.60. The van der Waals surface area contributed by atoms with E-state index in [1.54, 1.807) is 6.20 Å². The van der Waals surface area contributed by atoms with E-state index in [0.717, 1.165) is 18.4 Å². The highest BCUT2D eigenvalue weighted by Crippen LogP contribution is 2.35. The van der Waals surface area contributed by atoms with Gasteiger partial charge in [-0.05, 0) is 42.2 Å². The Kier molecular flexibility index (Phi) is 2.45. The smallest absolute Gasteiger partial charge is 0.251 e. The summed E-state index contributed by atoms with van der Waals surface area (Å²) in [5, 5.41) is 0. The molecular weight excluding hydrogens is 186 g/mol. The molecule has 0 aliphatic heterocycles. The molecule has 0 aromatic carbocycles. The van der Waals surface area contributed by atoms with Gasteiger partial charge in [0.25, 0.3) is 5.56 Å². The summed E-state index contributed by atoms with van der Waals surface area (Å²) >= 11 is 0. The molecule has 2 nitrogen and oxygen atoms in total. The third-order valence-electron chi connectivity index (χ3n) is 3.60. The van der Waals surface area contributed by atoms with Gasteiger partial charge in [-0.15, -0.1) is 0 Å². The van der Waals surface area contributed by atoms with Crippen molar-refractivity contribution in [2.75, 3.05) is 0 Å². The van der Waals surface area contributed by atoms with Crippen molar-refractivity contribution < 1.29 is 0 Å². The first kappa shape index (κ1) is 10.5. The van der Waals surface area contributed by atoms with Crippen LogP contribution in [0.3, 0.4) is 0 Å². The van der Waals surface area contributed by atoms with E-state index in [-0.39, 0.29) is 5.56 Å². The first-order valence-electron chi connectivity index (χ1n) is 5.68. The van der Waals surface area contributed by atoms with Gasteiger partial charge in [-0.3, -0.25) is 4.79 Å². The molecule has 15 heavy (non-hydrogen) atoms. The van der Waals surface area contributed by atoms with E-state index in [1.165, 1.54) is 12.0 Å². The topological polar surface area (TPSA) is 32.9 Å². The average molecular weight is 205 g/mol. The Hall–Kier alpha value is -1.05. The van der Waals surface area contributed by atoms with E-state index in [4.69, 9.17) is 0 Å². The molecule has 0 saturated carbocycles. The highest BCUT2D eigenvalue weighted by molar-refractivity contribution is 5.26. The largest absolute Gasteiger partial charge is 0.329 e. The van der Waals surface area contributed by atoms with E-state index in [9.17, 15) is 4.79 Å². The van der Waals surface area contributed by atoms with Gasteiger partial charge < -0.3 is 4.98 Å². The van der Waals surface area contributed by atoms with Crippen LogP contribution in [0.15, 0.2) is 17.1 Å². The maximum atomic E-state index is 11.7. The Labute approximate surface area is 90.7 Å². The zero-order valence-corrected chi connectivity index (χ0v) is 9.76. The van der Waals surface area contributed by atoms with Gasteiger partial charge >= 0.3 is 0 Å². The second kappa shape index (κ2) is 3.51. The van der Waals surface area contributed by atoms with Crippen LogP contribution in [0.25, 0.3) is 0 Å². The van der Waals surface area contributed by atoms with Crippen LogP contribution in [0.5, 0.6) is 0 Å². The minimum atomic E-state index is 0.112. The molecule has 0 saturated heterocycles. The molecule has 1 atom stereocenters. The van der Waals surface area contributed by atoms with Crippen LogP contribution in [-0.4, -0.2) is 4.98 Å². The highest BCUT2D eigenvalue weighted by atomic mass is 16.1. The zero-order chi connectivity index (χ0) is 11.1. The fourth-order valence-corrected chi connectivity index (χ4v) is 2.43. The number of nitrogens with one attached hydrogen (secondary N) is 1. The zero-order valence-electron chi connectivity index (χ0n) is 9.76. The number of aromatic nitrogens is 1. The molecule has 82 valence electrons. The van der Waals surface area contributed by atoms with Crippen molar-refractivity contribution in [1.82, 2.24) is 4.98 Å². The molecule has 0 bridgehead atoms. The molecule has 1 heterocycles. The number of pyridine rings is 1. The number of hydrogen-bond acceptors (Lipinski definition) is 1. The van der Waals surface area contributed by atoms with Gasteiger partial charge in [0.2, 0.25) is 0 Å². The molecular formula is C13H19NO. The predicted octanol–water partition coefficient (Wildman–Crippen LogP) is 2.53. The van der Waals surface area contributed by atoms with E-state index < -0.39 is 0 Å². The summed E-state index contributed by atoms with van der Waals surface area (Å²) in [6.45, 7) is 6.79. The molecule has 2 heteroatoms. The Morgan fingerprint density at radius 1 is 1.40 bits per heavy atom. The molecule has 1 N–H and O–H groups in total. The highest BCUT2D eigenvalue weighted by Gasteiger charge is 2.29. The lowest BCUT2D eigenvalue weighted by atomic mass is 9.71. The number of aromatic amines is 1. The molecule has 0 amide bonds. The molecule has 0 spiro atoms. The Morgan fingerprint density at radius 2 is 2.13 bits per heavy atom. The van der Waals surface area contributed by atoms with Gasteiger partial charge in [-0.25, -0.2) is 0 Å². The maximum absolute atomic E-state index is 11.7. The van der Waals surface area contributed by atoms with Crippen LogP contribution in [0.1, 0.15) is 38.3 Å². The molecule has 1 unspecified atom stereocenters. The van der Waals surface area contributed by atoms with Crippen molar-refractivity contribution in [2.45, 2.75) is 40.0 Å². The number of aryl methyl sites for hydroxylation is 1. The van der Waals surface area contributed by atoms with Crippen LogP contribution >= 0.6 is 0 Å². The molecule has 1 aromatic rings. The fraction of sp³-hybridized carbons (Fsp3) is 0.615. The fourth-order valence-electron chi connectivity index (χ4n) is 2.43. The Balaban J connectivity index is 2.34. The number of fused-ring (bicyclic) bond motifs is 1. The van der Waals surface area contributed by atoms with Gasteiger partial charge in [-0.1, -0.05) is 20.8 Å². The van der Waals surface area contributed by atoms with Crippen LogP contribution in [0.4, 0.5) is 0 Å². The van der Waals surface area contributed by atoms with Crippen LogP contribution in [0.2, 0.25) is 0 Å². The Morgan fingerprint density at radius 3 is 2.80 bits per heavy atom. The van der Waals surface area contributed by atoms with Crippen LogP contribution in [0, 0.1) is 11.3 Å². The summed E-state index contributed by atoms with van der Waals surface area (Å²) in [6.07, 6.45) is 4.97. The van der Waals surface area contributed by atoms with E-state index in [0.29, 0.717) is 11.3 Å². The van der Waals surface area contributed by atoms with Crippen LogP contribution < -0.4 is 5.56 Å². The minimum absolute atomic E-state index is 0.112. The van der Waals surface area contributed by atoms with Crippen molar-refractivity contribution in [3.8, 4) is 0 Å². The number of H-pyrrole nitrogens is 1. The van der Waals surface area contributed by atoms with Gasteiger partial charge in [0.05, 0.1) is 0 Å². The van der Waals surface area contributed by atoms with Crippen molar-refractivity contribution >= 4 is 0 Å². The SMILES string of the molecule is CC(C)(C)C1CCc2cc[nH]c(=O)c2C1. The van der Waals surface area contributed by atoms with Gasteiger partial charge in [-0.2, -0.15) is 0 Å². The predicted molar refractivity (Wildman–Crippen MR) is 62.0 cm³/mol. The van der Waals surface area contributed by atoms with E-state index in [1.807, 2.05) is 0 Å². The second-order valence-electron chi connectivity index (χ2n) is 5.62. The summed E-state index contributed by atoms with van der Waals surface area (Å²) in [5.74, 6) is 0.633. The summed E-state index contributed by atoms with van der Waals surface area (Å²) in [5.41, 5.74) is 2.68. The number of hydrogen-bond donors (Lipinski definition) is 1. The quantitative estimate of drug-likeness (QED) is 0.693. The summed E-state index contributed by atoms with van der Waals surface area (Å²) < 4.78 is 0. The lowest BCUT2D eigenvalue weighted by molar-refractivity contribution is 0.215. The first-order valence-corrected chi connectivity index (χ1v) is 5.68. The lowest BCUT2D eigenvalue weighted by Crippen LogP contribution is -2.30. The summed E-state index contributed by atoms with van der Waals surface area (Å²) in [6, 6.07) is 2.05. The van der Waals surface area contributed by atoms with Crippen molar-refractivity contribution in [1.29, 1.82) is 0 Å². The molecule has 1 aliphatic rings.